The van der Waals surface area contributed by atoms with E-state index in [9.17, 15) is 15.0 Å². The van der Waals surface area contributed by atoms with Crippen LogP contribution in [0, 0.1) is 0 Å². The van der Waals surface area contributed by atoms with Gasteiger partial charge in [-0.25, -0.2) is 4.79 Å². The van der Waals surface area contributed by atoms with Crippen LogP contribution in [0.25, 0.3) is 10.4 Å². The minimum atomic E-state index is -1.94. The van der Waals surface area contributed by atoms with Crippen LogP contribution in [0.3, 0.4) is 0 Å². The van der Waals surface area contributed by atoms with Crippen molar-refractivity contribution in [3.05, 3.63) is 33.2 Å². The quantitative estimate of drug-likeness (QED) is 0.353. The van der Waals surface area contributed by atoms with Crippen molar-refractivity contribution in [1.82, 2.24) is 9.55 Å². The summed E-state index contributed by atoms with van der Waals surface area (Å²) in [5.74, 6) is 0.0206. The number of aromatic nitrogens is 2. The maximum Gasteiger partial charge on any atom is 0.351 e. The number of anilines is 1. The molecule has 11 nitrogen and oxygen atoms in total. The number of hydrogen-bond donors (Lipinski definition) is 3. The zero-order valence-electron chi connectivity index (χ0n) is 11.0. The summed E-state index contributed by atoms with van der Waals surface area (Å²) >= 11 is 0. The first-order valence-corrected chi connectivity index (χ1v) is 5.89. The molecule has 0 amide bonds. The maximum atomic E-state index is 11.8. The van der Waals surface area contributed by atoms with Gasteiger partial charge in [0.1, 0.15) is 18.0 Å². The fourth-order valence-corrected chi connectivity index (χ4v) is 2.16. The van der Waals surface area contributed by atoms with E-state index in [1.165, 1.54) is 19.4 Å². The normalized spacial score (nSPS) is 31.9. The van der Waals surface area contributed by atoms with Crippen LogP contribution in [0.2, 0.25) is 0 Å². The number of nitrogen functional groups attached to an aromatic ring is 1. The van der Waals surface area contributed by atoms with Gasteiger partial charge in [0, 0.05) is 18.2 Å². The molecule has 1 aliphatic rings. The van der Waals surface area contributed by atoms with Gasteiger partial charge in [-0.05, 0) is 11.6 Å². The van der Waals surface area contributed by atoms with E-state index in [0.717, 1.165) is 4.57 Å². The molecule has 0 saturated carbocycles. The van der Waals surface area contributed by atoms with Crippen molar-refractivity contribution < 1.29 is 19.7 Å². The van der Waals surface area contributed by atoms with E-state index in [-0.39, 0.29) is 5.82 Å². The molecule has 0 bridgehead atoms. The minimum absolute atomic E-state index is 0.0206. The van der Waals surface area contributed by atoms with Crippen LogP contribution in [0.15, 0.2) is 22.2 Å². The van der Waals surface area contributed by atoms with E-state index in [2.05, 4.69) is 15.0 Å². The number of nitrogens with two attached hydrogens (primary N) is 1. The Morgan fingerprint density at radius 1 is 1.76 bits per heavy atom. The second-order valence-electron chi connectivity index (χ2n) is 4.39. The molecule has 1 fully saturated rings. The highest BCUT2D eigenvalue weighted by molar-refractivity contribution is 5.23. The van der Waals surface area contributed by atoms with Crippen molar-refractivity contribution in [1.29, 1.82) is 0 Å². The molecule has 114 valence electrons. The van der Waals surface area contributed by atoms with Gasteiger partial charge < -0.3 is 25.4 Å². The summed E-state index contributed by atoms with van der Waals surface area (Å²) in [7, 11) is 1.28. The van der Waals surface area contributed by atoms with E-state index in [0.29, 0.717) is 0 Å². The standard InChI is InChI=1S/C10H14N6O5/c1-20-6-7(18)10(4-17,14-15-12)21-8(6)16-3-2-5(11)13-9(16)19/h2-3,6-8,17-18H,4H2,1H3,(H2,11,13,19)/t6-,7+,8-,10-/m1/s1. The lowest BCUT2D eigenvalue weighted by molar-refractivity contribution is -0.125. The van der Waals surface area contributed by atoms with Crippen molar-refractivity contribution in [3.8, 4) is 0 Å². The fourth-order valence-electron chi connectivity index (χ4n) is 2.16. The molecule has 4 atom stereocenters. The first kappa shape index (κ1) is 15.2. The Hall–Kier alpha value is -2.17. The molecule has 2 heterocycles. The number of aliphatic hydroxyl groups is 2. The zero-order chi connectivity index (χ0) is 15.6. The highest BCUT2D eigenvalue weighted by Gasteiger charge is 2.55. The largest absolute Gasteiger partial charge is 0.393 e. The van der Waals surface area contributed by atoms with E-state index in [1.54, 1.807) is 0 Å². The molecule has 1 saturated heterocycles. The number of aliphatic hydroxyl groups excluding tert-OH is 2. The predicted molar refractivity (Wildman–Crippen MR) is 68.8 cm³/mol. The number of rotatable bonds is 4. The molecule has 2 rings (SSSR count). The number of methoxy groups -OCH3 is 1. The van der Waals surface area contributed by atoms with E-state index >= 15 is 0 Å². The van der Waals surface area contributed by atoms with Crippen molar-refractivity contribution in [2.75, 3.05) is 19.5 Å². The smallest absolute Gasteiger partial charge is 0.351 e. The van der Waals surface area contributed by atoms with Crippen LogP contribution in [0.5, 0.6) is 0 Å². The average Bonchev–Trinajstić information content (AvgIpc) is 2.72. The van der Waals surface area contributed by atoms with Crippen molar-refractivity contribution in [2.24, 2.45) is 5.11 Å². The van der Waals surface area contributed by atoms with Crippen LogP contribution in [-0.2, 0) is 9.47 Å². The van der Waals surface area contributed by atoms with Crippen molar-refractivity contribution in [2.45, 2.75) is 24.2 Å². The van der Waals surface area contributed by atoms with E-state index in [1.807, 2.05) is 0 Å². The Bertz CT molecular complexity index is 629. The Labute approximate surface area is 118 Å². The molecule has 1 aliphatic heterocycles. The molecule has 0 aromatic carbocycles. The molecule has 11 heteroatoms. The molecule has 0 aliphatic carbocycles. The molecule has 21 heavy (non-hydrogen) atoms. The molecule has 1 aromatic rings. The van der Waals surface area contributed by atoms with Crippen LogP contribution < -0.4 is 11.4 Å². The number of nitrogens with zero attached hydrogens (tertiary/aromatic N) is 5. The van der Waals surface area contributed by atoms with Gasteiger partial charge in [-0.2, -0.15) is 4.98 Å². The first-order chi connectivity index (χ1) is 9.99. The third-order valence-corrected chi connectivity index (χ3v) is 3.22. The zero-order valence-corrected chi connectivity index (χ0v) is 11.0. The summed E-state index contributed by atoms with van der Waals surface area (Å²) < 4.78 is 11.5. The van der Waals surface area contributed by atoms with E-state index < -0.39 is 36.5 Å². The molecule has 4 N–H and O–H groups in total. The third-order valence-electron chi connectivity index (χ3n) is 3.22. The van der Waals surface area contributed by atoms with Crippen LogP contribution in [-0.4, -0.2) is 51.4 Å². The number of hydrogen-bond acceptors (Lipinski definition) is 8. The average molecular weight is 298 g/mol. The highest BCUT2D eigenvalue weighted by atomic mass is 16.6. The highest BCUT2D eigenvalue weighted by Crippen LogP contribution is 2.39. The Morgan fingerprint density at radius 3 is 3.00 bits per heavy atom. The van der Waals surface area contributed by atoms with Crippen LogP contribution in [0.4, 0.5) is 5.82 Å². The van der Waals surface area contributed by atoms with Crippen molar-refractivity contribution in [3.63, 3.8) is 0 Å². The lowest BCUT2D eigenvalue weighted by atomic mass is 10.1. The summed E-state index contributed by atoms with van der Waals surface area (Å²) in [6.45, 7) is -0.786. The lowest BCUT2D eigenvalue weighted by Crippen LogP contribution is -2.44. The second-order valence-corrected chi connectivity index (χ2v) is 4.39. The molecule has 1 aromatic heterocycles. The molecule has 0 spiro atoms. The minimum Gasteiger partial charge on any atom is -0.393 e. The summed E-state index contributed by atoms with van der Waals surface area (Å²) in [5, 5.41) is 22.8. The number of azide groups is 1. The summed E-state index contributed by atoms with van der Waals surface area (Å²) in [5.41, 5.74) is 11.3. The molecule has 0 radical (unpaired) electrons. The van der Waals surface area contributed by atoms with Gasteiger partial charge in [-0.3, -0.25) is 4.57 Å². The summed E-state index contributed by atoms with van der Waals surface area (Å²) in [6.07, 6.45) is -2.36. The SMILES string of the molecule is CO[C@H]1[C@H](n2ccc(N)nc2=O)O[C@@](CO)(N=[N+]=[N-])[C@H]1O. The van der Waals surface area contributed by atoms with Gasteiger partial charge >= 0.3 is 5.69 Å². The Kier molecular flexibility index (Phi) is 4.11. The van der Waals surface area contributed by atoms with Crippen LogP contribution in [0.1, 0.15) is 6.23 Å². The monoisotopic (exact) mass is 298 g/mol. The second kappa shape index (κ2) is 5.68. The van der Waals surface area contributed by atoms with Gasteiger partial charge in [0.05, 0.1) is 6.61 Å². The van der Waals surface area contributed by atoms with Gasteiger partial charge in [0.25, 0.3) is 0 Å². The first-order valence-electron chi connectivity index (χ1n) is 5.89. The van der Waals surface area contributed by atoms with Crippen molar-refractivity contribution >= 4 is 5.82 Å². The topological polar surface area (TPSA) is 169 Å². The molecule has 0 unspecified atom stereocenters. The van der Waals surface area contributed by atoms with E-state index in [4.69, 9.17) is 20.7 Å². The summed E-state index contributed by atoms with van der Waals surface area (Å²) in [6, 6.07) is 1.36. The Morgan fingerprint density at radius 2 is 2.48 bits per heavy atom. The Balaban J connectivity index is 2.49. The van der Waals surface area contributed by atoms with Gasteiger partial charge in [0.2, 0.25) is 5.72 Å². The lowest BCUT2D eigenvalue weighted by Gasteiger charge is -2.23. The molecular formula is C10H14N6O5. The van der Waals surface area contributed by atoms with Gasteiger partial charge in [-0.1, -0.05) is 5.11 Å². The molecular weight excluding hydrogens is 284 g/mol. The van der Waals surface area contributed by atoms with Crippen LogP contribution >= 0.6 is 0 Å². The fraction of sp³-hybridized carbons (Fsp3) is 0.600. The number of ether oxygens (including phenoxy) is 2. The third kappa shape index (κ3) is 2.44. The van der Waals surface area contributed by atoms with Gasteiger partial charge in [0.15, 0.2) is 6.23 Å². The van der Waals surface area contributed by atoms with Gasteiger partial charge in [-0.15, -0.1) is 0 Å². The summed E-state index contributed by atoms with van der Waals surface area (Å²) in [4.78, 5) is 17.9. The maximum absolute atomic E-state index is 11.8. The predicted octanol–water partition coefficient (Wildman–Crippen LogP) is -1.27.